The lowest BCUT2D eigenvalue weighted by atomic mass is 9.78. The highest BCUT2D eigenvalue weighted by atomic mass is 32.2. The van der Waals surface area contributed by atoms with Crippen molar-refractivity contribution >= 4 is 16.0 Å². The zero-order valence-corrected chi connectivity index (χ0v) is 17.5. The molecule has 1 fully saturated rings. The maximum Gasteiger partial charge on any atom is 0.313 e. The second-order valence-electron chi connectivity index (χ2n) is 7.76. The fourth-order valence-corrected chi connectivity index (χ4v) is 6.20. The van der Waals surface area contributed by atoms with Crippen LogP contribution in [0.15, 0.2) is 70.8 Å². The SMILES string of the molecule is CCOC(=O)[C@@H]1C=CN(S(=O)(=O)c2ccccc2)[C@@H]2C=CC(=C3CCCCC3)[C@@H]21. The highest BCUT2D eigenvalue weighted by molar-refractivity contribution is 7.89. The maximum absolute atomic E-state index is 13.3. The molecule has 0 spiro atoms. The lowest BCUT2D eigenvalue weighted by Crippen LogP contribution is -2.46. The van der Waals surface area contributed by atoms with Crippen molar-refractivity contribution in [1.29, 1.82) is 0 Å². The Kier molecular flexibility index (Phi) is 5.63. The molecule has 2 aliphatic carbocycles. The first-order chi connectivity index (χ1) is 14.0. The Morgan fingerprint density at radius 1 is 1.10 bits per heavy atom. The summed E-state index contributed by atoms with van der Waals surface area (Å²) in [6, 6.07) is 8.04. The first kappa shape index (κ1) is 20.0. The molecule has 0 unspecified atom stereocenters. The lowest BCUT2D eigenvalue weighted by Gasteiger charge is -2.38. The Morgan fingerprint density at radius 3 is 2.52 bits per heavy atom. The summed E-state index contributed by atoms with van der Waals surface area (Å²) in [5.74, 6) is -0.986. The molecule has 1 aliphatic heterocycles. The minimum atomic E-state index is -3.71. The van der Waals surface area contributed by atoms with Gasteiger partial charge in [0.1, 0.15) is 0 Å². The largest absolute Gasteiger partial charge is 0.466 e. The Labute approximate surface area is 172 Å². The number of benzene rings is 1. The number of allylic oxidation sites excluding steroid dienone is 2. The minimum absolute atomic E-state index is 0.231. The number of nitrogens with zero attached hydrogens (tertiary/aromatic N) is 1. The number of esters is 1. The Morgan fingerprint density at radius 2 is 1.83 bits per heavy atom. The van der Waals surface area contributed by atoms with Crippen LogP contribution in [0.25, 0.3) is 0 Å². The van der Waals surface area contributed by atoms with Crippen molar-refractivity contribution in [3.63, 3.8) is 0 Å². The summed E-state index contributed by atoms with van der Waals surface area (Å²) in [6.45, 7) is 2.10. The molecule has 0 saturated heterocycles. The molecular weight excluding hydrogens is 386 g/mol. The maximum atomic E-state index is 13.3. The zero-order chi connectivity index (χ0) is 20.4. The van der Waals surface area contributed by atoms with Gasteiger partial charge < -0.3 is 4.74 Å². The van der Waals surface area contributed by atoms with Gasteiger partial charge in [0.05, 0.1) is 23.5 Å². The molecule has 0 aromatic heterocycles. The van der Waals surface area contributed by atoms with Crippen LogP contribution < -0.4 is 0 Å². The summed E-state index contributed by atoms with van der Waals surface area (Å²) in [7, 11) is -3.71. The minimum Gasteiger partial charge on any atom is -0.466 e. The van der Waals surface area contributed by atoms with E-state index in [-0.39, 0.29) is 16.8 Å². The van der Waals surface area contributed by atoms with E-state index in [4.69, 9.17) is 4.74 Å². The smallest absolute Gasteiger partial charge is 0.313 e. The van der Waals surface area contributed by atoms with Crippen molar-refractivity contribution in [2.75, 3.05) is 6.61 Å². The van der Waals surface area contributed by atoms with Crippen LogP contribution >= 0.6 is 0 Å². The van der Waals surface area contributed by atoms with E-state index in [0.29, 0.717) is 6.61 Å². The van der Waals surface area contributed by atoms with Gasteiger partial charge >= 0.3 is 5.97 Å². The van der Waals surface area contributed by atoms with Gasteiger partial charge in [-0.1, -0.05) is 48.4 Å². The van der Waals surface area contributed by atoms with Crippen molar-refractivity contribution in [3.05, 3.63) is 65.9 Å². The van der Waals surface area contributed by atoms with Gasteiger partial charge in [0.15, 0.2) is 0 Å². The molecular formula is C23H27NO4S. The second kappa shape index (κ2) is 8.19. The topological polar surface area (TPSA) is 63.7 Å². The highest BCUT2D eigenvalue weighted by Crippen LogP contribution is 2.44. The van der Waals surface area contributed by atoms with Crippen LogP contribution in [0.5, 0.6) is 0 Å². The van der Waals surface area contributed by atoms with Gasteiger partial charge in [0.25, 0.3) is 10.0 Å². The molecule has 29 heavy (non-hydrogen) atoms. The number of sulfonamides is 1. The number of fused-ring (bicyclic) bond motifs is 1. The summed E-state index contributed by atoms with van der Waals surface area (Å²) in [5.41, 5.74) is 2.49. The molecule has 1 heterocycles. The predicted molar refractivity (Wildman–Crippen MR) is 111 cm³/mol. The molecule has 5 nitrogen and oxygen atoms in total. The van der Waals surface area contributed by atoms with Gasteiger partial charge in [-0.15, -0.1) is 0 Å². The first-order valence-electron chi connectivity index (χ1n) is 10.4. The summed E-state index contributed by atoms with van der Waals surface area (Å²) >= 11 is 0. The monoisotopic (exact) mass is 413 g/mol. The van der Waals surface area contributed by atoms with Gasteiger partial charge in [-0.25, -0.2) is 8.42 Å². The normalized spacial score (nSPS) is 26.5. The molecule has 1 aromatic rings. The van der Waals surface area contributed by atoms with Crippen LogP contribution in [0.4, 0.5) is 0 Å². The predicted octanol–water partition coefficient (Wildman–Crippen LogP) is 4.20. The number of carbonyl (C=O) groups excluding carboxylic acids is 1. The van der Waals surface area contributed by atoms with E-state index in [2.05, 4.69) is 0 Å². The van der Waals surface area contributed by atoms with Crippen LogP contribution in [0.3, 0.4) is 0 Å². The third kappa shape index (κ3) is 3.66. The summed E-state index contributed by atoms with van der Waals surface area (Å²) in [6.07, 6.45) is 12.8. The van der Waals surface area contributed by atoms with Gasteiger partial charge in [-0.3, -0.25) is 9.10 Å². The number of hydrogen-bond donors (Lipinski definition) is 0. The van der Waals surface area contributed by atoms with E-state index < -0.39 is 22.0 Å². The van der Waals surface area contributed by atoms with Crippen LogP contribution in [-0.2, 0) is 19.6 Å². The molecule has 1 saturated carbocycles. The van der Waals surface area contributed by atoms with E-state index in [0.717, 1.165) is 31.3 Å². The summed E-state index contributed by atoms with van der Waals surface area (Å²) < 4.78 is 33.4. The molecule has 0 N–H and O–H groups in total. The molecule has 0 bridgehead atoms. The van der Waals surface area contributed by atoms with Gasteiger partial charge in [0.2, 0.25) is 0 Å². The van der Waals surface area contributed by atoms with E-state index >= 15 is 0 Å². The van der Waals surface area contributed by atoms with E-state index in [1.807, 2.05) is 12.2 Å². The molecule has 4 rings (SSSR count). The van der Waals surface area contributed by atoms with Crippen LogP contribution in [0.2, 0.25) is 0 Å². The number of carbonyl (C=O) groups is 1. The molecule has 3 atom stereocenters. The lowest BCUT2D eigenvalue weighted by molar-refractivity contribution is -0.148. The average molecular weight is 414 g/mol. The Bertz CT molecular complexity index is 954. The van der Waals surface area contributed by atoms with Gasteiger partial charge in [0, 0.05) is 12.1 Å². The highest BCUT2D eigenvalue weighted by Gasteiger charge is 2.46. The van der Waals surface area contributed by atoms with E-state index in [9.17, 15) is 13.2 Å². The zero-order valence-electron chi connectivity index (χ0n) is 16.7. The Balaban J connectivity index is 1.76. The van der Waals surface area contributed by atoms with Crippen molar-refractivity contribution < 1.29 is 17.9 Å². The van der Waals surface area contributed by atoms with Crippen molar-refractivity contribution in [2.45, 2.75) is 50.0 Å². The first-order valence-corrected chi connectivity index (χ1v) is 11.8. The molecule has 3 aliphatic rings. The van der Waals surface area contributed by atoms with E-state index in [1.54, 1.807) is 49.5 Å². The average Bonchev–Trinajstić information content (AvgIpc) is 3.19. The third-order valence-corrected chi connectivity index (χ3v) is 7.85. The number of rotatable bonds is 4. The van der Waals surface area contributed by atoms with Crippen LogP contribution in [-0.4, -0.2) is 31.3 Å². The fraction of sp³-hybridized carbons (Fsp3) is 0.435. The van der Waals surface area contributed by atoms with Gasteiger partial charge in [-0.2, -0.15) is 0 Å². The molecule has 1 aromatic carbocycles. The summed E-state index contributed by atoms with van der Waals surface area (Å²) in [5, 5.41) is 0. The van der Waals surface area contributed by atoms with E-state index in [1.165, 1.54) is 16.3 Å². The molecule has 0 amide bonds. The molecule has 0 radical (unpaired) electrons. The standard InChI is InChI=1S/C23H27NO4S/c1-2-28-23(25)20-15-16-24(29(26,27)18-11-7-4-8-12-18)21-14-13-19(22(20)21)17-9-5-3-6-10-17/h4,7-8,11-16,20-22H,2-3,5-6,9-10H2,1H3/t20-,21-,22-/m1/s1. The number of hydrogen-bond acceptors (Lipinski definition) is 4. The van der Waals surface area contributed by atoms with Crippen LogP contribution in [0.1, 0.15) is 39.0 Å². The quantitative estimate of drug-likeness (QED) is 0.694. The fourth-order valence-electron chi connectivity index (χ4n) is 4.70. The second-order valence-corrected chi connectivity index (χ2v) is 9.61. The number of ether oxygens (including phenoxy) is 1. The van der Waals surface area contributed by atoms with Crippen molar-refractivity contribution in [1.82, 2.24) is 4.31 Å². The van der Waals surface area contributed by atoms with Crippen LogP contribution in [0, 0.1) is 11.8 Å². The third-order valence-electron chi connectivity index (χ3n) is 6.06. The molecule has 6 heteroatoms. The molecule has 154 valence electrons. The Hall–Kier alpha value is -2.34. The summed E-state index contributed by atoms with van der Waals surface area (Å²) in [4.78, 5) is 13.0. The van der Waals surface area contributed by atoms with Gasteiger partial charge in [-0.05, 0) is 50.3 Å². The van der Waals surface area contributed by atoms with Crippen molar-refractivity contribution in [2.24, 2.45) is 11.8 Å². The van der Waals surface area contributed by atoms with Crippen molar-refractivity contribution in [3.8, 4) is 0 Å².